The zero-order chi connectivity index (χ0) is 14.0. The van der Waals surface area contributed by atoms with E-state index in [-0.39, 0.29) is 5.28 Å². The van der Waals surface area contributed by atoms with Crippen molar-refractivity contribution < 1.29 is 4.74 Å². The molecular formula is C12H19ClN4OSi. The molecule has 7 heteroatoms. The summed E-state index contributed by atoms with van der Waals surface area (Å²) in [4.78, 5) is 8.18. The van der Waals surface area contributed by atoms with Crippen molar-refractivity contribution in [2.24, 2.45) is 0 Å². The molecule has 0 unspecified atom stereocenters. The summed E-state index contributed by atoms with van der Waals surface area (Å²) >= 11 is 5.79. The molecule has 0 aliphatic carbocycles. The molecule has 0 aliphatic rings. The lowest BCUT2D eigenvalue weighted by Crippen LogP contribution is -2.22. The van der Waals surface area contributed by atoms with Crippen LogP contribution in [0.4, 0.5) is 0 Å². The minimum absolute atomic E-state index is 0.245. The molecule has 2 aromatic rings. The molecule has 0 radical (unpaired) electrons. The number of nitrogens with zero attached hydrogens (tertiary/aromatic N) is 4. The van der Waals surface area contributed by atoms with Gasteiger partial charge in [0.1, 0.15) is 17.8 Å². The van der Waals surface area contributed by atoms with E-state index in [0.29, 0.717) is 6.73 Å². The fourth-order valence-electron chi connectivity index (χ4n) is 1.72. The Hall–Kier alpha value is -0.983. The van der Waals surface area contributed by atoms with E-state index in [9.17, 15) is 0 Å². The molecule has 104 valence electrons. The van der Waals surface area contributed by atoms with Crippen molar-refractivity contribution in [1.29, 1.82) is 0 Å². The molecule has 0 amide bonds. The summed E-state index contributed by atoms with van der Waals surface area (Å²) in [6.07, 6.45) is 1.69. The van der Waals surface area contributed by atoms with Crippen LogP contribution in [0.2, 0.25) is 31.0 Å². The monoisotopic (exact) mass is 298 g/mol. The van der Waals surface area contributed by atoms with E-state index in [1.54, 1.807) is 10.9 Å². The van der Waals surface area contributed by atoms with E-state index in [1.807, 2.05) is 6.92 Å². The van der Waals surface area contributed by atoms with Crippen LogP contribution < -0.4 is 0 Å². The molecule has 0 aromatic carbocycles. The van der Waals surface area contributed by atoms with Gasteiger partial charge < -0.3 is 4.74 Å². The number of aryl methyl sites for hydroxylation is 1. The van der Waals surface area contributed by atoms with Crippen LogP contribution in [0.1, 0.15) is 5.69 Å². The van der Waals surface area contributed by atoms with Crippen molar-refractivity contribution in [3.8, 4) is 0 Å². The van der Waals surface area contributed by atoms with Gasteiger partial charge >= 0.3 is 0 Å². The molecule has 19 heavy (non-hydrogen) atoms. The minimum Gasteiger partial charge on any atom is -0.360 e. The van der Waals surface area contributed by atoms with Gasteiger partial charge in [-0.1, -0.05) is 19.6 Å². The highest BCUT2D eigenvalue weighted by Gasteiger charge is 2.13. The molecule has 0 saturated heterocycles. The summed E-state index contributed by atoms with van der Waals surface area (Å²) in [6.45, 7) is 10.1. The Morgan fingerprint density at radius 3 is 2.79 bits per heavy atom. The molecule has 5 nitrogen and oxygen atoms in total. The second-order valence-electron chi connectivity index (χ2n) is 5.81. The van der Waals surface area contributed by atoms with E-state index < -0.39 is 8.07 Å². The third-order valence-electron chi connectivity index (χ3n) is 2.84. The van der Waals surface area contributed by atoms with E-state index in [2.05, 4.69) is 34.7 Å². The first-order valence-corrected chi connectivity index (χ1v) is 10.4. The SMILES string of the molecule is Cc1nn(COCC[Si](C)(C)C)c2cnc(Cl)nc12. The second kappa shape index (κ2) is 5.56. The van der Waals surface area contributed by atoms with Crippen molar-refractivity contribution in [2.45, 2.75) is 39.3 Å². The molecular weight excluding hydrogens is 280 g/mol. The Bertz CT molecular complexity index is 579. The molecule has 0 fully saturated rings. The summed E-state index contributed by atoms with van der Waals surface area (Å²) in [6, 6.07) is 1.15. The van der Waals surface area contributed by atoms with Crippen LogP contribution in [0.5, 0.6) is 0 Å². The molecule has 0 bridgehead atoms. The molecule has 0 spiro atoms. The summed E-state index contributed by atoms with van der Waals surface area (Å²) in [5.74, 6) is 0. The van der Waals surface area contributed by atoms with Crippen molar-refractivity contribution in [1.82, 2.24) is 19.7 Å². The van der Waals surface area contributed by atoms with Gasteiger partial charge in [-0.2, -0.15) is 5.10 Å². The van der Waals surface area contributed by atoms with Crippen molar-refractivity contribution in [2.75, 3.05) is 6.61 Å². The fourth-order valence-corrected chi connectivity index (χ4v) is 2.61. The van der Waals surface area contributed by atoms with Gasteiger partial charge in [0.15, 0.2) is 0 Å². The molecule has 2 aromatic heterocycles. The minimum atomic E-state index is -1.05. The highest BCUT2D eigenvalue weighted by Crippen LogP contribution is 2.17. The number of hydrogen-bond acceptors (Lipinski definition) is 4. The van der Waals surface area contributed by atoms with Crippen LogP contribution in [0.15, 0.2) is 6.20 Å². The largest absolute Gasteiger partial charge is 0.360 e. The molecule has 0 saturated carbocycles. The van der Waals surface area contributed by atoms with Gasteiger partial charge in [0, 0.05) is 14.7 Å². The summed E-state index contributed by atoms with van der Waals surface area (Å²) in [5.41, 5.74) is 2.48. The summed E-state index contributed by atoms with van der Waals surface area (Å²) in [5, 5.41) is 4.65. The van der Waals surface area contributed by atoms with E-state index in [4.69, 9.17) is 16.3 Å². The van der Waals surface area contributed by atoms with Gasteiger partial charge in [-0.05, 0) is 24.6 Å². The summed E-state index contributed by atoms with van der Waals surface area (Å²) < 4.78 is 7.48. The maximum Gasteiger partial charge on any atom is 0.223 e. The van der Waals surface area contributed by atoms with Crippen LogP contribution >= 0.6 is 11.6 Å². The van der Waals surface area contributed by atoms with Gasteiger partial charge in [-0.3, -0.25) is 0 Å². The number of hydrogen-bond donors (Lipinski definition) is 0. The first-order valence-electron chi connectivity index (χ1n) is 6.30. The van der Waals surface area contributed by atoms with Crippen molar-refractivity contribution in [3.63, 3.8) is 0 Å². The number of fused-ring (bicyclic) bond motifs is 1. The topological polar surface area (TPSA) is 52.8 Å². The average Bonchev–Trinajstić information content (AvgIpc) is 2.60. The predicted molar refractivity (Wildman–Crippen MR) is 79.2 cm³/mol. The maximum absolute atomic E-state index is 5.79. The molecule has 2 heterocycles. The zero-order valence-corrected chi connectivity index (χ0v) is 13.5. The van der Waals surface area contributed by atoms with Gasteiger partial charge in [0.2, 0.25) is 5.28 Å². The molecule has 2 rings (SSSR count). The highest BCUT2D eigenvalue weighted by molar-refractivity contribution is 6.76. The standard InChI is InChI=1S/C12H19ClN4OSi/c1-9-11-10(7-14-12(13)15-11)17(16-9)8-18-5-6-19(2,3)4/h7H,5-6,8H2,1-4H3. The first-order chi connectivity index (χ1) is 8.87. The first kappa shape index (κ1) is 14.4. The lowest BCUT2D eigenvalue weighted by molar-refractivity contribution is 0.0814. The van der Waals surface area contributed by atoms with Crippen LogP contribution in [0.3, 0.4) is 0 Å². The summed E-state index contributed by atoms with van der Waals surface area (Å²) in [7, 11) is -1.05. The third-order valence-corrected chi connectivity index (χ3v) is 4.73. The van der Waals surface area contributed by atoms with Crippen LogP contribution in [0, 0.1) is 6.92 Å². The lowest BCUT2D eigenvalue weighted by Gasteiger charge is -2.15. The van der Waals surface area contributed by atoms with Gasteiger partial charge in [-0.15, -0.1) is 0 Å². The van der Waals surface area contributed by atoms with Crippen molar-refractivity contribution >= 4 is 30.7 Å². The number of aromatic nitrogens is 4. The number of ether oxygens (including phenoxy) is 1. The Labute approximate surface area is 119 Å². The molecule has 0 N–H and O–H groups in total. The predicted octanol–water partition coefficient (Wildman–Crippen LogP) is 3.10. The molecule has 0 atom stereocenters. The normalized spacial score (nSPS) is 12.3. The van der Waals surface area contributed by atoms with E-state index >= 15 is 0 Å². The maximum atomic E-state index is 5.79. The fraction of sp³-hybridized carbons (Fsp3) is 0.583. The van der Waals surface area contributed by atoms with Crippen LogP contribution in [-0.4, -0.2) is 34.4 Å². The van der Waals surface area contributed by atoms with Gasteiger partial charge in [0.25, 0.3) is 0 Å². The zero-order valence-electron chi connectivity index (χ0n) is 11.8. The van der Waals surface area contributed by atoms with Gasteiger partial charge in [0.05, 0.1) is 11.9 Å². The Morgan fingerprint density at radius 1 is 1.37 bits per heavy atom. The Morgan fingerprint density at radius 2 is 2.11 bits per heavy atom. The van der Waals surface area contributed by atoms with Crippen LogP contribution in [-0.2, 0) is 11.5 Å². The lowest BCUT2D eigenvalue weighted by atomic mass is 10.4. The molecule has 0 aliphatic heterocycles. The van der Waals surface area contributed by atoms with E-state index in [0.717, 1.165) is 29.4 Å². The van der Waals surface area contributed by atoms with Crippen molar-refractivity contribution in [3.05, 3.63) is 17.2 Å². The quantitative estimate of drug-likeness (QED) is 0.483. The average molecular weight is 299 g/mol. The Kier molecular flexibility index (Phi) is 4.22. The Balaban J connectivity index is 2.05. The highest BCUT2D eigenvalue weighted by atomic mass is 35.5. The third kappa shape index (κ3) is 3.74. The smallest absolute Gasteiger partial charge is 0.223 e. The van der Waals surface area contributed by atoms with Crippen LogP contribution in [0.25, 0.3) is 11.0 Å². The number of rotatable bonds is 5. The van der Waals surface area contributed by atoms with Gasteiger partial charge in [-0.25, -0.2) is 14.6 Å². The van der Waals surface area contributed by atoms with E-state index in [1.165, 1.54) is 0 Å². The number of halogens is 1. The second-order valence-corrected chi connectivity index (χ2v) is 11.8.